The fourth-order valence-corrected chi connectivity index (χ4v) is 4.59. The summed E-state index contributed by atoms with van der Waals surface area (Å²) < 4.78 is 10.6. The number of methoxy groups -OCH3 is 1. The molecule has 0 radical (unpaired) electrons. The van der Waals surface area contributed by atoms with Crippen LogP contribution < -0.4 is 15.0 Å². The van der Waals surface area contributed by atoms with Crippen LogP contribution in [0, 0.1) is 17.8 Å². The van der Waals surface area contributed by atoms with Gasteiger partial charge in [-0.15, -0.1) is 0 Å². The van der Waals surface area contributed by atoms with E-state index in [0.717, 1.165) is 5.69 Å². The molecule has 0 bridgehead atoms. The monoisotopic (exact) mass is 581 g/mol. The summed E-state index contributed by atoms with van der Waals surface area (Å²) in [5, 5.41) is 12.6. The summed E-state index contributed by atoms with van der Waals surface area (Å²) >= 11 is 0. The average molecular weight is 582 g/mol. The van der Waals surface area contributed by atoms with E-state index < -0.39 is 82.8 Å². The highest BCUT2D eigenvalue weighted by molar-refractivity contribution is 6.44. The number of carbonyl (C=O) groups is 6. The van der Waals surface area contributed by atoms with Gasteiger partial charge in [0.25, 0.3) is 5.91 Å². The molecule has 12 heteroatoms. The minimum absolute atomic E-state index is 0.0429. The summed E-state index contributed by atoms with van der Waals surface area (Å²) in [6.07, 6.45) is -1.09. The molecule has 224 valence electrons. The third kappa shape index (κ3) is 6.99. The van der Waals surface area contributed by atoms with Gasteiger partial charge in [0.05, 0.1) is 24.9 Å². The summed E-state index contributed by atoms with van der Waals surface area (Å²) in [5.41, 5.74) is 1.03. The second-order valence-corrected chi connectivity index (χ2v) is 10.7. The van der Waals surface area contributed by atoms with Crippen LogP contribution in [0.4, 0.5) is 5.69 Å². The van der Waals surface area contributed by atoms with Crippen molar-refractivity contribution in [3.8, 4) is 11.5 Å². The van der Waals surface area contributed by atoms with Crippen LogP contribution in [0.15, 0.2) is 36.5 Å². The molecule has 0 saturated heterocycles. The Morgan fingerprint density at radius 3 is 2.26 bits per heavy atom. The van der Waals surface area contributed by atoms with Crippen LogP contribution in [-0.4, -0.2) is 78.5 Å². The summed E-state index contributed by atoms with van der Waals surface area (Å²) in [4.78, 5) is 85.0. The standard InChI is InChI=1S/C30H35N3O9/c1-15(2)30(40)42-28-16(3)24(35)26(37)20(32-29(39)23-27(38)22(41-6)11-12-31-23)14-21(34)25(36)19(28)13-17-7-9-18(10-8-17)33(4)5/h7-12,15-16,19-20,28,38H,13-14H2,1-6H3,(H,32,39)/t16-,19+,20+,28-/m1/s1. The Hall–Kier alpha value is -4.61. The molecule has 1 fully saturated rings. The number of hydrogen-bond donors (Lipinski definition) is 2. The first-order valence-corrected chi connectivity index (χ1v) is 13.4. The number of amides is 1. The van der Waals surface area contributed by atoms with Crippen molar-refractivity contribution in [3.05, 3.63) is 47.8 Å². The van der Waals surface area contributed by atoms with Crippen molar-refractivity contribution in [1.82, 2.24) is 10.3 Å². The molecular weight excluding hydrogens is 546 g/mol. The molecule has 1 aromatic heterocycles. The number of carbonyl (C=O) groups excluding carboxylic acids is 6. The number of nitrogens with zero attached hydrogens (tertiary/aromatic N) is 2. The number of ether oxygens (including phenoxy) is 2. The lowest BCUT2D eigenvalue weighted by Crippen LogP contribution is -2.47. The van der Waals surface area contributed by atoms with E-state index in [1.54, 1.807) is 26.0 Å². The summed E-state index contributed by atoms with van der Waals surface area (Å²) in [5.74, 6) is -9.80. The number of aromatic nitrogens is 1. The molecule has 1 aromatic carbocycles. The number of benzene rings is 1. The molecule has 1 saturated carbocycles. The van der Waals surface area contributed by atoms with Crippen LogP contribution >= 0.6 is 0 Å². The molecule has 1 amide bonds. The van der Waals surface area contributed by atoms with Gasteiger partial charge in [0.2, 0.25) is 23.1 Å². The zero-order chi connectivity index (χ0) is 31.3. The second kappa shape index (κ2) is 13.4. The number of Topliss-reactive ketones (excluding diaryl/α,β-unsaturated/α-hetero) is 4. The fraction of sp³-hybridized carbons (Fsp3) is 0.433. The topological polar surface area (TPSA) is 169 Å². The molecule has 0 unspecified atom stereocenters. The summed E-state index contributed by atoms with van der Waals surface area (Å²) in [6.45, 7) is 4.49. The van der Waals surface area contributed by atoms with E-state index in [9.17, 15) is 33.9 Å². The van der Waals surface area contributed by atoms with Gasteiger partial charge in [-0.05, 0) is 24.1 Å². The van der Waals surface area contributed by atoms with Gasteiger partial charge in [0.15, 0.2) is 17.2 Å². The van der Waals surface area contributed by atoms with Crippen LogP contribution in [0.3, 0.4) is 0 Å². The van der Waals surface area contributed by atoms with Gasteiger partial charge in [-0.3, -0.25) is 28.8 Å². The molecule has 0 aliphatic heterocycles. The van der Waals surface area contributed by atoms with E-state index in [1.807, 2.05) is 31.1 Å². The number of aromatic hydroxyl groups is 1. The summed E-state index contributed by atoms with van der Waals surface area (Å²) in [6, 6.07) is 6.73. The van der Waals surface area contributed by atoms with Crippen molar-refractivity contribution in [1.29, 1.82) is 0 Å². The Balaban J connectivity index is 2.01. The van der Waals surface area contributed by atoms with Crippen molar-refractivity contribution >= 4 is 40.7 Å². The highest BCUT2D eigenvalue weighted by atomic mass is 16.5. The zero-order valence-electron chi connectivity index (χ0n) is 24.4. The van der Waals surface area contributed by atoms with Crippen LogP contribution in [0.2, 0.25) is 0 Å². The Bertz CT molecular complexity index is 1380. The van der Waals surface area contributed by atoms with Crippen molar-refractivity contribution < 1.29 is 43.3 Å². The number of rotatable bonds is 8. The zero-order valence-corrected chi connectivity index (χ0v) is 24.4. The SMILES string of the molecule is COc1ccnc(C(=O)N[C@H]2CC(=O)C(=O)[C@H](Cc3ccc(N(C)C)cc3)[C@H](OC(=O)C(C)C)[C@H](C)C(=O)C2=O)c1O. The lowest BCUT2D eigenvalue weighted by atomic mass is 9.81. The molecule has 2 N–H and O–H groups in total. The van der Waals surface area contributed by atoms with Gasteiger partial charge in [0, 0.05) is 38.5 Å². The molecule has 2 aromatic rings. The van der Waals surface area contributed by atoms with Gasteiger partial charge in [-0.2, -0.15) is 0 Å². The highest BCUT2D eigenvalue weighted by Crippen LogP contribution is 2.30. The van der Waals surface area contributed by atoms with Crippen molar-refractivity contribution in [2.24, 2.45) is 17.8 Å². The molecule has 1 heterocycles. The van der Waals surface area contributed by atoms with Gasteiger partial charge in [0.1, 0.15) is 12.1 Å². The molecule has 1 aliphatic carbocycles. The highest BCUT2D eigenvalue weighted by Gasteiger charge is 2.46. The Morgan fingerprint density at radius 2 is 1.69 bits per heavy atom. The molecule has 42 heavy (non-hydrogen) atoms. The van der Waals surface area contributed by atoms with Gasteiger partial charge in [-0.1, -0.05) is 32.9 Å². The number of hydrogen-bond acceptors (Lipinski definition) is 11. The quantitative estimate of drug-likeness (QED) is 0.344. The number of esters is 1. The maximum Gasteiger partial charge on any atom is 0.308 e. The van der Waals surface area contributed by atoms with Crippen LogP contribution in [-0.2, 0) is 35.1 Å². The minimum Gasteiger partial charge on any atom is -0.503 e. The third-order valence-electron chi connectivity index (χ3n) is 7.12. The third-order valence-corrected chi connectivity index (χ3v) is 7.12. The second-order valence-electron chi connectivity index (χ2n) is 10.7. The van der Waals surface area contributed by atoms with Crippen LogP contribution in [0.5, 0.6) is 11.5 Å². The predicted octanol–water partition coefficient (Wildman–Crippen LogP) is 1.70. The smallest absolute Gasteiger partial charge is 0.308 e. The summed E-state index contributed by atoms with van der Waals surface area (Å²) in [7, 11) is 4.99. The number of nitrogens with one attached hydrogen (secondary N) is 1. The van der Waals surface area contributed by atoms with E-state index >= 15 is 0 Å². The number of pyridine rings is 1. The van der Waals surface area contributed by atoms with Gasteiger partial charge < -0.3 is 24.8 Å². The first kappa shape index (κ1) is 31.9. The first-order valence-electron chi connectivity index (χ1n) is 13.4. The van der Waals surface area contributed by atoms with E-state index in [-0.39, 0.29) is 12.2 Å². The number of ketones is 4. The van der Waals surface area contributed by atoms with Crippen molar-refractivity contribution in [2.75, 3.05) is 26.1 Å². The maximum atomic E-state index is 13.6. The van der Waals surface area contributed by atoms with E-state index in [2.05, 4.69) is 10.3 Å². The molecule has 12 nitrogen and oxygen atoms in total. The Labute approximate surface area is 243 Å². The molecule has 3 rings (SSSR count). The Kier molecular flexibility index (Phi) is 10.2. The maximum absolute atomic E-state index is 13.6. The predicted molar refractivity (Wildman–Crippen MR) is 150 cm³/mol. The van der Waals surface area contributed by atoms with E-state index in [0.29, 0.717) is 5.56 Å². The molecule has 0 spiro atoms. The van der Waals surface area contributed by atoms with Crippen LogP contribution in [0.25, 0.3) is 0 Å². The first-order chi connectivity index (χ1) is 19.8. The van der Waals surface area contributed by atoms with E-state index in [1.165, 1.54) is 26.3 Å². The molecule has 1 aliphatic rings. The van der Waals surface area contributed by atoms with Crippen molar-refractivity contribution in [2.45, 2.75) is 45.8 Å². The average Bonchev–Trinajstić information content (AvgIpc) is 2.98. The lowest BCUT2D eigenvalue weighted by Gasteiger charge is -2.29. The molecule has 4 atom stereocenters. The molecular formula is C30H35N3O9. The fourth-order valence-electron chi connectivity index (χ4n) is 4.59. The van der Waals surface area contributed by atoms with Crippen LogP contribution in [0.1, 0.15) is 43.2 Å². The van der Waals surface area contributed by atoms with Gasteiger partial charge >= 0.3 is 5.97 Å². The van der Waals surface area contributed by atoms with Gasteiger partial charge in [-0.25, -0.2) is 4.98 Å². The van der Waals surface area contributed by atoms with E-state index in [4.69, 9.17) is 9.47 Å². The Morgan fingerprint density at radius 1 is 1.05 bits per heavy atom. The normalized spacial score (nSPS) is 21.3. The van der Waals surface area contributed by atoms with Crippen molar-refractivity contribution in [3.63, 3.8) is 0 Å². The lowest BCUT2D eigenvalue weighted by molar-refractivity contribution is -0.163. The minimum atomic E-state index is -1.73. The number of anilines is 1. The largest absolute Gasteiger partial charge is 0.503 e.